The molecule has 0 atom stereocenters. The zero-order valence-electron chi connectivity index (χ0n) is 15.6. The van der Waals surface area contributed by atoms with Crippen molar-refractivity contribution >= 4 is 21.5 Å². The first-order valence-corrected chi connectivity index (χ1v) is 9.63. The Labute approximate surface area is 160 Å². The van der Waals surface area contributed by atoms with Gasteiger partial charge in [-0.2, -0.15) is 0 Å². The van der Waals surface area contributed by atoms with Gasteiger partial charge in [-0.3, -0.25) is 28.3 Å². The van der Waals surface area contributed by atoms with Gasteiger partial charge >= 0.3 is 0 Å². The molecule has 0 saturated heterocycles. The molecular formula is C20H24N2O6. The average molecular weight is 388 g/mol. The number of hydrogen-bond donors (Lipinski definition) is 2. The van der Waals surface area contributed by atoms with Crippen molar-refractivity contribution < 1.29 is 10.2 Å². The van der Waals surface area contributed by atoms with Crippen LogP contribution in [0, 0.1) is 0 Å². The van der Waals surface area contributed by atoms with Crippen LogP contribution in [0.15, 0.2) is 31.3 Å². The van der Waals surface area contributed by atoms with E-state index in [9.17, 15) is 19.2 Å². The van der Waals surface area contributed by atoms with Gasteiger partial charge in [0.05, 0.1) is 21.5 Å². The summed E-state index contributed by atoms with van der Waals surface area (Å²) in [6.45, 7) is 0.622. The molecule has 0 fully saturated rings. The number of aromatic nitrogens is 2. The van der Waals surface area contributed by atoms with Crippen LogP contribution in [0.25, 0.3) is 21.5 Å². The molecule has 28 heavy (non-hydrogen) atoms. The van der Waals surface area contributed by atoms with E-state index in [4.69, 9.17) is 10.2 Å². The van der Waals surface area contributed by atoms with Gasteiger partial charge in [-0.15, -0.1) is 0 Å². The highest BCUT2D eigenvalue weighted by molar-refractivity contribution is 5.97. The second kappa shape index (κ2) is 8.62. The lowest BCUT2D eigenvalue weighted by molar-refractivity contribution is 0.281. The van der Waals surface area contributed by atoms with E-state index in [0.717, 1.165) is 9.13 Å². The predicted octanol–water partition coefficient (Wildman–Crippen LogP) is 0.238. The molecule has 8 heteroatoms. The molecule has 8 nitrogen and oxygen atoms in total. The van der Waals surface area contributed by atoms with Gasteiger partial charge in [0.25, 0.3) is 22.2 Å². The summed E-state index contributed by atoms with van der Waals surface area (Å²) < 4.78 is 2.28. The molecule has 0 aliphatic carbocycles. The van der Waals surface area contributed by atoms with Crippen molar-refractivity contribution in [2.24, 2.45) is 0 Å². The smallest absolute Gasteiger partial charge is 0.261 e. The van der Waals surface area contributed by atoms with Crippen molar-refractivity contribution in [3.8, 4) is 0 Å². The molecule has 3 rings (SSSR count). The second-order valence-electron chi connectivity index (χ2n) is 7.04. The number of unbranched alkanes of at least 4 members (excludes halogenated alkanes) is 4. The number of nitrogens with zero attached hydrogens (tertiary/aromatic N) is 2. The third kappa shape index (κ3) is 3.57. The number of aliphatic hydroxyl groups excluding tert-OH is 2. The first-order chi connectivity index (χ1) is 13.5. The maximum absolute atomic E-state index is 12.6. The Hall–Kier alpha value is -2.58. The van der Waals surface area contributed by atoms with E-state index in [2.05, 4.69) is 0 Å². The monoisotopic (exact) mass is 388 g/mol. The van der Waals surface area contributed by atoms with E-state index in [-0.39, 0.29) is 47.8 Å². The van der Waals surface area contributed by atoms with Gasteiger partial charge in [0, 0.05) is 26.3 Å². The van der Waals surface area contributed by atoms with Crippen molar-refractivity contribution in [1.82, 2.24) is 9.13 Å². The zero-order chi connectivity index (χ0) is 20.3. The highest BCUT2D eigenvalue weighted by atomic mass is 16.3. The van der Waals surface area contributed by atoms with E-state index in [0.29, 0.717) is 38.5 Å². The molecule has 0 bridgehead atoms. The highest BCUT2D eigenvalue weighted by Crippen LogP contribution is 2.15. The Kier molecular flexibility index (Phi) is 6.21. The normalized spacial score (nSPS) is 11.8. The van der Waals surface area contributed by atoms with Crippen LogP contribution in [0.4, 0.5) is 0 Å². The van der Waals surface area contributed by atoms with Gasteiger partial charge < -0.3 is 10.2 Å². The lowest BCUT2D eigenvalue weighted by Gasteiger charge is -1.99. The Morgan fingerprint density at radius 2 is 0.857 bits per heavy atom. The predicted molar refractivity (Wildman–Crippen MR) is 107 cm³/mol. The van der Waals surface area contributed by atoms with Gasteiger partial charge in [-0.05, 0) is 50.7 Å². The number of rotatable bonds is 10. The lowest BCUT2D eigenvalue weighted by atomic mass is 10.1. The molecule has 2 N–H and O–H groups in total. The highest BCUT2D eigenvalue weighted by Gasteiger charge is 2.19. The lowest BCUT2D eigenvalue weighted by Crippen LogP contribution is -2.26. The summed E-state index contributed by atoms with van der Waals surface area (Å²) in [7, 11) is 0. The van der Waals surface area contributed by atoms with Crippen LogP contribution >= 0.6 is 0 Å². The molecule has 2 aromatic heterocycles. The van der Waals surface area contributed by atoms with Gasteiger partial charge in [-0.25, -0.2) is 0 Å². The van der Waals surface area contributed by atoms with Crippen molar-refractivity contribution in [2.75, 3.05) is 13.2 Å². The molecule has 0 amide bonds. The maximum atomic E-state index is 12.6. The Balaban J connectivity index is 2.01. The molecule has 3 aromatic rings. The topological polar surface area (TPSA) is 119 Å². The second-order valence-corrected chi connectivity index (χ2v) is 7.04. The van der Waals surface area contributed by atoms with Crippen LogP contribution in [0.5, 0.6) is 0 Å². The largest absolute Gasteiger partial charge is 0.396 e. The summed E-state index contributed by atoms with van der Waals surface area (Å²) in [5, 5.41) is 18.3. The van der Waals surface area contributed by atoms with Gasteiger partial charge in [0.1, 0.15) is 0 Å². The fourth-order valence-electron chi connectivity index (χ4n) is 3.60. The third-order valence-electron chi connectivity index (χ3n) is 5.14. The molecule has 150 valence electrons. The number of hydrogen-bond acceptors (Lipinski definition) is 6. The van der Waals surface area contributed by atoms with E-state index in [1.807, 2.05) is 0 Å². The summed E-state index contributed by atoms with van der Waals surface area (Å²) in [5.74, 6) is 0. The zero-order valence-corrected chi connectivity index (χ0v) is 15.6. The summed E-state index contributed by atoms with van der Waals surface area (Å²) in [4.78, 5) is 50.4. The van der Waals surface area contributed by atoms with Crippen LogP contribution in [0.2, 0.25) is 0 Å². The van der Waals surface area contributed by atoms with E-state index in [1.54, 1.807) is 0 Å². The van der Waals surface area contributed by atoms with E-state index in [1.165, 1.54) is 12.1 Å². The van der Waals surface area contributed by atoms with E-state index >= 15 is 0 Å². The Morgan fingerprint density at radius 3 is 1.14 bits per heavy atom. The van der Waals surface area contributed by atoms with Crippen molar-refractivity contribution in [1.29, 1.82) is 0 Å². The minimum absolute atomic E-state index is 0.0650. The first-order valence-electron chi connectivity index (χ1n) is 9.63. The Morgan fingerprint density at radius 1 is 0.536 bits per heavy atom. The van der Waals surface area contributed by atoms with Crippen LogP contribution in [0.1, 0.15) is 38.5 Å². The SMILES string of the molecule is O=c1c2cc3c(=O)n(CCCCCO)c(=O)c3cc2c(=O)n1CCCCCO. The minimum Gasteiger partial charge on any atom is -0.396 e. The van der Waals surface area contributed by atoms with Crippen molar-refractivity contribution in [3.63, 3.8) is 0 Å². The fourth-order valence-corrected chi connectivity index (χ4v) is 3.60. The molecule has 2 heterocycles. The molecule has 0 aliphatic rings. The quantitative estimate of drug-likeness (QED) is 0.480. The standard InChI is InChI=1S/C20H24N2O6/c23-9-5-1-3-7-21-17(25)13-11-15-16(12-14(13)18(21)26)20(28)22(19(15)27)8-4-2-6-10-24/h11-12,23-24H,1-10H2. The number of fused-ring (bicyclic) bond motifs is 2. The average Bonchev–Trinajstić information content (AvgIpc) is 3.07. The van der Waals surface area contributed by atoms with Gasteiger partial charge in [-0.1, -0.05) is 0 Å². The number of aliphatic hydroxyl groups is 2. The molecular weight excluding hydrogens is 364 g/mol. The number of benzene rings is 1. The van der Waals surface area contributed by atoms with E-state index < -0.39 is 22.2 Å². The molecule has 0 saturated carbocycles. The van der Waals surface area contributed by atoms with Crippen molar-refractivity contribution in [2.45, 2.75) is 51.6 Å². The summed E-state index contributed by atoms with van der Waals surface area (Å²) >= 11 is 0. The fraction of sp³-hybridized carbons (Fsp3) is 0.500. The summed E-state index contributed by atoms with van der Waals surface area (Å²) in [6.07, 6.45) is 3.78. The summed E-state index contributed by atoms with van der Waals surface area (Å²) in [5.41, 5.74) is -1.80. The molecule has 0 radical (unpaired) electrons. The van der Waals surface area contributed by atoms with Crippen LogP contribution in [-0.4, -0.2) is 32.6 Å². The molecule has 0 spiro atoms. The van der Waals surface area contributed by atoms with Crippen LogP contribution < -0.4 is 22.2 Å². The molecule has 1 aromatic carbocycles. The first kappa shape index (κ1) is 20.2. The van der Waals surface area contributed by atoms with Crippen LogP contribution in [-0.2, 0) is 13.1 Å². The van der Waals surface area contributed by atoms with Gasteiger partial charge in [0.15, 0.2) is 0 Å². The third-order valence-corrected chi connectivity index (χ3v) is 5.14. The van der Waals surface area contributed by atoms with Gasteiger partial charge in [0.2, 0.25) is 0 Å². The maximum Gasteiger partial charge on any atom is 0.261 e. The molecule has 0 aliphatic heterocycles. The van der Waals surface area contributed by atoms with Crippen LogP contribution in [0.3, 0.4) is 0 Å². The Bertz CT molecular complexity index is 1010. The van der Waals surface area contributed by atoms with Crippen molar-refractivity contribution in [3.05, 3.63) is 53.5 Å². The summed E-state index contributed by atoms with van der Waals surface area (Å²) in [6, 6.07) is 2.74. The molecule has 0 unspecified atom stereocenters. The minimum atomic E-state index is -0.451.